The van der Waals surface area contributed by atoms with Gasteiger partial charge in [0.15, 0.2) is 0 Å². The zero-order chi connectivity index (χ0) is 11.8. The molecule has 2 aromatic heterocycles. The topological polar surface area (TPSA) is 52.3 Å². The molecule has 2 heterocycles. The van der Waals surface area contributed by atoms with Crippen molar-refractivity contribution in [1.82, 2.24) is 19.6 Å². The second kappa shape index (κ2) is 4.42. The van der Waals surface area contributed by atoms with Gasteiger partial charge in [0, 0.05) is 0 Å². The average Bonchev–Trinajstić information content (AvgIpc) is 2.90. The Morgan fingerprint density at radius 3 is 2.94 bits per heavy atom. The van der Waals surface area contributed by atoms with Crippen LogP contribution < -0.4 is 4.74 Å². The fraction of sp³-hybridized carbons (Fsp3) is 0.500. The summed E-state index contributed by atoms with van der Waals surface area (Å²) in [5.74, 6) is 0.461. The number of ether oxygens (including phenoxy) is 1. The molecule has 0 radical (unpaired) electrons. The molecule has 5 nitrogen and oxygen atoms in total. The van der Waals surface area contributed by atoms with Gasteiger partial charge in [-0.1, -0.05) is 0 Å². The van der Waals surface area contributed by atoms with Crippen LogP contribution in [0.4, 0.5) is 0 Å². The maximum Gasteiger partial charge on any atom is 0.263 e. The van der Waals surface area contributed by atoms with E-state index in [9.17, 15) is 0 Å². The number of aromatic nitrogens is 4. The Kier molecular flexibility index (Phi) is 2.92. The zero-order valence-electron chi connectivity index (χ0n) is 8.94. The van der Waals surface area contributed by atoms with E-state index in [1.165, 1.54) is 12.8 Å². The standard InChI is InChI=1S/C10H10BrClN4O/c11-7-5-13-8-9(14-10(12)15-16(7)8)17-6-3-1-2-4-6/h5-6H,1-4H2. The van der Waals surface area contributed by atoms with Crippen molar-refractivity contribution in [2.75, 3.05) is 0 Å². The lowest BCUT2D eigenvalue weighted by atomic mass is 10.3. The highest BCUT2D eigenvalue weighted by Gasteiger charge is 2.20. The third-order valence-corrected chi connectivity index (χ3v) is 3.55. The molecule has 1 aliphatic rings. The number of rotatable bonds is 2. The van der Waals surface area contributed by atoms with Crippen LogP contribution in [0, 0.1) is 0 Å². The fourth-order valence-electron chi connectivity index (χ4n) is 2.05. The van der Waals surface area contributed by atoms with E-state index in [1.807, 2.05) is 0 Å². The van der Waals surface area contributed by atoms with Crippen LogP contribution >= 0.6 is 27.5 Å². The van der Waals surface area contributed by atoms with E-state index in [1.54, 1.807) is 10.7 Å². The van der Waals surface area contributed by atoms with E-state index >= 15 is 0 Å². The minimum absolute atomic E-state index is 0.157. The van der Waals surface area contributed by atoms with Crippen LogP contribution in [-0.2, 0) is 0 Å². The molecule has 0 unspecified atom stereocenters. The van der Waals surface area contributed by atoms with Crippen LogP contribution in [-0.4, -0.2) is 25.7 Å². The van der Waals surface area contributed by atoms with Crippen LogP contribution in [0.5, 0.6) is 5.88 Å². The molecule has 0 aromatic carbocycles. The highest BCUT2D eigenvalue weighted by atomic mass is 79.9. The molecule has 90 valence electrons. The van der Waals surface area contributed by atoms with Gasteiger partial charge in [-0.05, 0) is 53.2 Å². The SMILES string of the molecule is Clc1nc(OC2CCCC2)c2ncc(Br)n2n1. The molecular formula is C10H10BrClN4O. The normalized spacial score (nSPS) is 16.8. The first-order valence-electron chi connectivity index (χ1n) is 5.47. The maximum atomic E-state index is 5.87. The minimum Gasteiger partial charge on any atom is -0.472 e. The van der Waals surface area contributed by atoms with Gasteiger partial charge in [-0.25, -0.2) is 4.98 Å². The predicted octanol–water partition coefficient (Wildman–Crippen LogP) is 2.86. The molecule has 1 aliphatic carbocycles. The molecule has 0 atom stereocenters. The van der Waals surface area contributed by atoms with Crippen LogP contribution in [0.15, 0.2) is 10.8 Å². The molecule has 0 bridgehead atoms. The molecule has 1 fully saturated rings. The maximum absolute atomic E-state index is 5.87. The molecule has 3 rings (SSSR count). The van der Waals surface area contributed by atoms with Gasteiger partial charge in [0.25, 0.3) is 5.88 Å². The quantitative estimate of drug-likeness (QED) is 0.854. The van der Waals surface area contributed by atoms with Crippen LogP contribution in [0.1, 0.15) is 25.7 Å². The Balaban J connectivity index is 2.02. The van der Waals surface area contributed by atoms with Crippen LogP contribution in [0.25, 0.3) is 5.65 Å². The van der Waals surface area contributed by atoms with Crippen molar-refractivity contribution in [3.63, 3.8) is 0 Å². The summed E-state index contributed by atoms with van der Waals surface area (Å²) in [6.45, 7) is 0. The summed E-state index contributed by atoms with van der Waals surface area (Å²) < 4.78 is 8.16. The van der Waals surface area contributed by atoms with E-state index < -0.39 is 0 Å². The summed E-state index contributed by atoms with van der Waals surface area (Å²) in [7, 11) is 0. The van der Waals surface area contributed by atoms with Gasteiger partial charge in [-0.3, -0.25) is 0 Å². The smallest absolute Gasteiger partial charge is 0.263 e. The van der Waals surface area contributed by atoms with Gasteiger partial charge < -0.3 is 4.74 Å². The van der Waals surface area contributed by atoms with Gasteiger partial charge in [-0.2, -0.15) is 9.50 Å². The lowest BCUT2D eigenvalue weighted by Gasteiger charge is -2.12. The first kappa shape index (κ1) is 11.2. The summed E-state index contributed by atoms with van der Waals surface area (Å²) in [5, 5.41) is 4.21. The first-order valence-corrected chi connectivity index (χ1v) is 6.64. The minimum atomic E-state index is 0.157. The zero-order valence-corrected chi connectivity index (χ0v) is 11.3. The molecule has 1 saturated carbocycles. The Labute approximate surface area is 111 Å². The number of halogens is 2. The predicted molar refractivity (Wildman–Crippen MR) is 66.4 cm³/mol. The molecular weight excluding hydrogens is 307 g/mol. The Bertz CT molecular complexity index is 552. The van der Waals surface area contributed by atoms with Crippen molar-refractivity contribution < 1.29 is 4.74 Å². The van der Waals surface area contributed by atoms with Gasteiger partial charge in [0.2, 0.25) is 10.9 Å². The van der Waals surface area contributed by atoms with E-state index in [4.69, 9.17) is 16.3 Å². The van der Waals surface area contributed by atoms with E-state index in [0.29, 0.717) is 11.5 Å². The number of imidazole rings is 1. The van der Waals surface area contributed by atoms with Crippen molar-refractivity contribution >= 4 is 33.2 Å². The molecule has 0 amide bonds. The molecule has 0 N–H and O–H groups in total. The molecule has 0 saturated heterocycles. The van der Waals surface area contributed by atoms with Crippen molar-refractivity contribution in [3.8, 4) is 5.88 Å². The molecule has 0 aliphatic heterocycles. The average molecular weight is 318 g/mol. The number of nitrogens with zero attached hydrogens (tertiary/aromatic N) is 4. The van der Waals surface area contributed by atoms with E-state index in [-0.39, 0.29) is 11.4 Å². The van der Waals surface area contributed by atoms with Crippen molar-refractivity contribution in [2.24, 2.45) is 0 Å². The monoisotopic (exact) mass is 316 g/mol. The van der Waals surface area contributed by atoms with Crippen molar-refractivity contribution in [2.45, 2.75) is 31.8 Å². The Morgan fingerprint density at radius 2 is 2.18 bits per heavy atom. The summed E-state index contributed by atoms with van der Waals surface area (Å²) in [5.41, 5.74) is 0.591. The Hall–Kier alpha value is -0.880. The van der Waals surface area contributed by atoms with Gasteiger partial charge in [0.05, 0.1) is 6.20 Å². The molecule has 2 aromatic rings. The lowest BCUT2D eigenvalue weighted by Crippen LogP contribution is -2.13. The van der Waals surface area contributed by atoms with Gasteiger partial charge >= 0.3 is 0 Å². The highest BCUT2D eigenvalue weighted by molar-refractivity contribution is 9.10. The molecule has 7 heteroatoms. The largest absolute Gasteiger partial charge is 0.472 e. The second-order valence-electron chi connectivity index (χ2n) is 4.03. The summed E-state index contributed by atoms with van der Waals surface area (Å²) >= 11 is 9.21. The van der Waals surface area contributed by atoms with Gasteiger partial charge in [0.1, 0.15) is 10.7 Å². The second-order valence-corrected chi connectivity index (χ2v) is 5.18. The van der Waals surface area contributed by atoms with Crippen LogP contribution in [0.2, 0.25) is 5.28 Å². The van der Waals surface area contributed by atoms with Crippen LogP contribution in [0.3, 0.4) is 0 Å². The fourth-order valence-corrected chi connectivity index (χ4v) is 2.55. The third kappa shape index (κ3) is 2.11. The summed E-state index contributed by atoms with van der Waals surface area (Å²) in [6, 6.07) is 0. The summed E-state index contributed by atoms with van der Waals surface area (Å²) in [6.07, 6.45) is 6.42. The molecule has 0 spiro atoms. The van der Waals surface area contributed by atoms with Crippen molar-refractivity contribution in [1.29, 1.82) is 0 Å². The van der Waals surface area contributed by atoms with Crippen molar-refractivity contribution in [3.05, 3.63) is 16.1 Å². The summed E-state index contributed by atoms with van der Waals surface area (Å²) in [4.78, 5) is 8.31. The van der Waals surface area contributed by atoms with Gasteiger partial charge in [-0.15, -0.1) is 5.10 Å². The van der Waals surface area contributed by atoms with E-state index in [2.05, 4.69) is 31.0 Å². The number of hydrogen-bond donors (Lipinski definition) is 0. The third-order valence-electron chi connectivity index (χ3n) is 2.84. The molecule has 17 heavy (non-hydrogen) atoms. The number of fused-ring (bicyclic) bond motifs is 1. The first-order chi connectivity index (χ1) is 8.24. The number of hydrogen-bond acceptors (Lipinski definition) is 4. The van der Waals surface area contributed by atoms with E-state index in [0.717, 1.165) is 17.4 Å². The Morgan fingerprint density at radius 1 is 1.41 bits per heavy atom. The lowest BCUT2D eigenvalue weighted by molar-refractivity contribution is 0.202. The highest BCUT2D eigenvalue weighted by Crippen LogP contribution is 2.26.